The molecule has 22 heavy (non-hydrogen) atoms. The van der Waals surface area contributed by atoms with Gasteiger partial charge >= 0.3 is 17.8 Å². The number of carbonyl (C=O) groups excluding carboxylic acids is 1. The number of rotatable bonds is 2. The van der Waals surface area contributed by atoms with Crippen molar-refractivity contribution >= 4 is 5.97 Å². The largest absolute Gasteiger partial charge is 0.618 e. The van der Waals surface area contributed by atoms with Gasteiger partial charge in [-0.1, -0.05) is 12.1 Å². The number of ether oxygens (including phenoxy) is 1. The van der Waals surface area contributed by atoms with Crippen molar-refractivity contribution in [2.75, 3.05) is 7.11 Å². The number of hydrogen-bond donors (Lipinski definition) is 0. The molecule has 2 aromatic rings. The van der Waals surface area contributed by atoms with Crippen molar-refractivity contribution in [2.45, 2.75) is 13.1 Å². The Morgan fingerprint density at radius 3 is 2.45 bits per heavy atom. The van der Waals surface area contributed by atoms with Crippen molar-refractivity contribution in [2.24, 2.45) is 0 Å². The Balaban J connectivity index is 2.53. The van der Waals surface area contributed by atoms with Crippen LogP contribution in [0.15, 0.2) is 36.5 Å². The molecule has 0 atom stereocenters. The van der Waals surface area contributed by atoms with Gasteiger partial charge in [0.2, 0.25) is 0 Å². The Labute approximate surface area is 124 Å². The summed E-state index contributed by atoms with van der Waals surface area (Å²) < 4.78 is 43.0. The number of pyridine rings is 1. The molecular weight excluding hydrogens is 299 g/mol. The van der Waals surface area contributed by atoms with E-state index in [-0.39, 0.29) is 16.8 Å². The van der Waals surface area contributed by atoms with Crippen LogP contribution in [-0.2, 0) is 10.9 Å². The van der Waals surface area contributed by atoms with E-state index in [9.17, 15) is 23.2 Å². The highest BCUT2D eigenvalue weighted by atomic mass is 19.4. The lowest BCUT2D eigenvalue weighted by Crippen LogP contribution is -2.36. The second kappa shape index (κ2) is 5.67. The van der Waals surface area contributed by atoms with Crippen LogP contribution >= 0.6 is 0 Å². The molecule has 116 valence electrons. The average Bonchev–Trinajstić information content (AvgIpc) is 2.45. The molecule has 0 aliphatic rings. The van der Waals surface area contributed by atoms with Gasteiger partial charge in [-0.2, -0.15) is 17.9 Å². The minimum atomic E-state index is -4.47. The summed E-state index contributed by atoms with van der Waals surface area (Å²) in [7, 11) is 1.14. The minimum absolute atomic E-state index is 0.196. The van der Waals surface area contributed by atoms with Crippen LogP contribution in [0.1, 0.15) is 21.6 Å². The molecule has 2 rings (SSSR count). The Hall–Kier alpha value is -2.57. The summed E-state index contributed by atoms with van der Waals surface area (Å²) in [5.74, 6) is -0.803. The van der Waals surface area contributed by atoms with E-state index in [0.717, 1.165) is 25.4 Å². The van der Waals surface area contributed by atoms with Gasteiger partial charge in [-0.15, -0.1) is 0 Å². The zero-order valence-electron chi connectivity index (χ0n) is 11.8. The van der Waals surface area contributed by atoms with Crippen molar-refractivity contribution in [3.8, 4) is 11.1 Å². The van der Waals surface area contributed by atoms with Gasteiger partial charge in [0.15, 0.2) is 6.20 Å². The summed E-state index contributed by atoms with van der Waals surface area (Å²) in [4.78, 5) is 11.5. The molecule has 4 nitrogen and oxygen atoms in total. The van der Waals surface area contributed by atoms with Crippen molar-refractivity contribution in [1.29, 1.82) is 0 Å². The van der Waals surface area contributed by atoms with Crippen molar-refractivity contribution in [3.05, 3.63) is 58.6 Å². The van der Waals surface area contributed by atoms with Crippen LogP contribution in [0.25, 0.3) is 11.1 Å². The fraction of sp³-hybridized carbons (Fsp3) is 0.200. The molecule has 0 N–H and O–H groups in total. The molecule has 0 radical (unpaired) electrons. The van der Waals surface area contributed by atoms with E-state index in [1.807, 2.05) is 0 Å². The lowest BCUT2D eigenvalue weighted by molar-refractivity contribution is -0.608. The van der Waals surface area contributed by atoms with Gasteiger partial charge in [0.1, 0.15) is 0 Å². The third-order valence-electron chi connectivity index (χ3n) is 3.12. The minimum Gasteiger partial charge on any atom is -0.618 e. The van der Waals surface area contributed by atoms with Crippen LogP contribution < -0.4 is 4.73 Å². The molecule has 0 unspecified atom stereocenters. The maximum absolute atomic E-state index is 12.7. The number of aromatic nitrogens is 1. The van der Waals surface area contributed by atoms with Crippen LogP contribution in [0.2, 0.25) is 0 Å². The maximum atomic E-state index is 12.7. The fourth-order valence-corrected chi connectivity index (χ4v) is 2.08. The molecule has 0 bridgehead atoms. The van der Waals surface area contributed by atoms with Crippen LogP contribution in [0.4, 0.5) is 13.2 Å². The first-order valence-electron chi connectivity index (χ1n) is 6.24. The van der Waals surface area contributed by atoms with Gasteiger partial charge in [-0.05, 0) is 30.7 Å². The first-order valence-corrected chi connectivity index (χ1v) is 6.24. The van der Waals surface area contributed by atoms with E-state index in [4.69, 9.17) is 0 Å². The first-order chi connectivity index (χ1) is 10.2. The second-order valence-corrected chi connectivity index (χ2v) is 4.66. The number of hydrogen-bond acceptors (Lipinski definition) is 3. The summed E-state index contributed by atoms with van der Waals surface area (Å²) in [6.45, 7) is 1.51. The normalized spacial score (nSPS) is 11.3. The van der Waals surface area contributed by atoms with Gasteiger partial charge in [-0.3, -0.25) is 0 Å². The van der Waals surface area contributed by atoms with Gasteiger partial charge in [0.05, 0.1) is 12.7 Å². The van der Waals surface area contributed by atoms with Crippen LogP contribution in [0.5, 0.6) is 0 Å². The predicted molar refractivity (Wildman–Crippen MR) is 71.9 cm³/mol. The SMILES string of the molecule is COC(=O)c1c(C)cc(-c2cccc(C(F)(F)F)c2)c[n+]1[O-]. The topological polar surface area (TPSA) is 53.2 Å². The van der Waals surface area contributed by atoms with Gasteiger partial charge in [0, 0.05) is 11.1 Å². The monoisotopic (exact) mass is 311 g/mol. The molecule has 1 aromatic carbocycles. The summed E-state index contributed by atoms with van der Waals surface area (Å²) >= 11 is 0. The molecule has 1 aromatic heterocycles. The fourth-order valence-electron chi connectivity index (χ4n) is 2.08. The van der Waals surface area contributed by atoms with Gasteiger partial charge < -0.3 is 9.94 Å². The van der Waals surface area contributed by atoms with Crippen LogP contribution in [0, 0.1) is 12.1 Å². The molecule has 0 spiro atoms. The molecule has 0 aliphatic heterocycles. The highest BCUT2D eigenvalue weighted by Gasteiger charge is 2.30. The number of halogens is 3. The summed E-state index contributed by atoms with van der Waals surface area (Å²) in [5.41, 5.74) is -0.169. The summed E-state index contributed by atoms with van der Waals surface area (Å²) in [6, 6.07) is 6.09. The number of alkyl halides is 3. The molecule has 0 fully saturated rings. The third kappa shape index (κ3) is 3.03. The molecule has 0 saturated carbocycles. The third-order valence-corrected chi connectivity index (χ3v) is 3.12. The van der Waals surface area contributed by atoms with E-state index in [1.165, 1.54) is 25.1 Å². The van der Waals surface area contributed by atoms with E-state index >= 15 is 0 Å². The number of carbonyl (C=O) groups is 1. The molecular formula is C15H12F3NO3. The highest BCUT2D eigenvalue weighted by molar-refractivity contribution is 5.87. The molecule has 7 heteroatoms. The van der Waals surface area contributed by atoms with E-state index in [1.54, 1.807) is 0 Å². The maximum Gasteiger partial charge on any atom is 0.416 e. The van der Waals surface area contributed by atoms with E-state index in [0.29, 0.717) is 10.3 Å². The van der Waals surface area contributed by atoms with Crippen LogP contribution in [0.3, 0.4) is 0 Å². The predicted octanol–water partition coefficient (Wildman–Crippen LogP) is 3.10. The van der Waals surface area contributed by atoms with Gasteiger partial charge in [-0.25, -0.2) is 4.79 Å². The summed E-state index contributed by atoms with van der Waals surface area (Å²) in [6.07, 6.45) is -3.42. The van der Waals surface area contributed by atoms with Crippen LogP contribution in [-0.4, -0.2) is 13.1 Å². The number of methoxy groups -OCH3 is 1. The second-order valence-electron chi connectivity index (χ2n) is 4.66. The first kappa shape index (κ1) is 15.8. The molecule has 1 heterocycles. The van der Waals surface area contributed by atoms with E-state index < -0.39 is 17.7 Å². The zero-order valence-corrected chi connectivity index (χ0v) is 11.8. The Bertz CT molecular complexity index is 703. The smallest absolute Gasteiger partial charge is 0.416 e. The average molecular weight is 311 g/mol. The standard InChI is InChI=1S/C15H12F3NO3/c1-9-6-11(8-19(21)13(9)14(20)22-2)10-4-3-5-12(7-10)15(16,17)18/h3-8H,1-2H3. The van der Waals surface area contributed by atoms with Crippen molar-refractivity contribution < 1.29 is 27.4 Å². The lowest BCUT2D eigenvalue weighted by Gasteiger charge is -2.11. The molecule has 0 amide bonds. The Kier molecular flexibility index (Phi) is 4.07. The van der Waals surface area contributed by atoms with Crippen molar-refractivity contribution in [3.63, 3.8) is 0 Å². The molecule has 0 aliphatic carbocycles. The van der Waals surface area contributed by atoms with E-state index in [2.05, 4.69) is 4.74 Å². The Morgan fingerprint density at radius 1 is 1.23 bits per heavy atom. The number of esters is 1. The summed E-state index contributed by atoms with van der Waals surface area (Å²) in [5, 5.41) is 11.9. The van der Waals surface area contributed by atoms with Crippen molar-refractivity contribution in [1.82, 2.24) is 0 Å². The quantitative estimate of drug-likeness (QED) is 0.486. The van der Waals surface area contributed by atoms with Gasteiger partial charge in [0.25, 0.3) is 0 Å². The highest BCUT2D eigenvalue weighted by Crippen LogP contribution is 2.32. The number of aryl methyl sites for hydroxylation is 1. The lowest BCUT2D eigenvalue weighted by atomic mass is 10.0. The number of benzene rings is 1. The number of nitrogens with zero attached hydrogens (tertiary/aromatic N) is 1. The molecule has 0 saturated heterocycles. The zero-order chi connectivity index (χ0) is 16.5. The Morgan fingerprint density at radius 2 is 1.91 bits per heavy atom.